The number of hydrogen-bond donors (Lipinski definition) is 1. The molecule has 116 valence electrons. The number of amides is 1. The molecule has 0 bridgehead atoms. The first-order chi connectivity index (χ1) is 10.6. The minimum Gasteiger partial charge on any atom is -0.337 e. The van der Waals surface area contributed by atoms with E-state index in [0.717, 1.165) is 36.5 Å². The van der Waals surface area contributed by atoms with E-state index in [1.807, 2.05) is 47.5 Å². The topological polar surface area (TPSA) is 59.2 Å². The van der Waals surface area contributed by atoms with Crippen LogP contribution in [0.5, 0.6) is 0 Å². The van der Waals surface area contributed by atoms with E-state index in [4.69, 9.17) is 5.73 Å². The van der Waals surface area contributed by atoms with Gasteiger partial charge in [0.15, 0.2) is 0 Å². The number of hydrogen-bond acceptors (Lipinski definition) is 4. The number of piperidine rings is 1. The van der Waals surface area contributed by atoms with Crippen LogP contribution in [-0.2, 0) is 0 Å². The van der Waals surface area contributed by atoms with E-state index < -0.39 is 0 Å². The van der Waals surface area contributed by atoms with Gasteiger partial charge in [-0.05, 0) is 25.7 Å². The predicted molar refractivity (Wildman–Crippen MR) is 89.8 cm³/mol. The molecule has 1 amide bonds. The van der Waals surface area contributed by atoms with Crippen LogP contribution in [0.15, 0.2) is 35.7 Å². The maximum absolute atomic E-state index is 12.6. The monoisotopic (exact) mass is 315 g/mol. The van der Waals surface area contributed by atoms with Gasteiger partial charge in [-0.2, -0.15) is 0 Å². The van der Waals surface area contributed by atoms with Crippen molar-refractivity contribution in [1.82, 2.24) is 9.88 Å². The summed E-state index contributed by atoms with van der Waals surface area (Å²) in [6.07, 6.45) is 2.13. The zero-order chi connectivity index (χ0) is 15.5. The van der Waals surface area contributed by atoms with Crippen molar-refractivity contribution in [2.24, 2.45) is 11.7 Å². The largest absolute Gasteiger partial charge is 0.337 e. The molecule has 4 nitrogen and oxygen atoms in total. The Morgan fingerprint density at radius 2 is 2.18 bits per heavy atom. The number of aromatic nitrogens is 1. The van der Waals surface area contributed by atoms with Crippen molar-refractivity contribution in [2.75, 3.05) is 13.1 Å². The van der Waals surface area contributed by atoms with Crippen molar-refractivity contribution in [3.8, 4) is 10.6 Å². The van der Waals surface area contributed by atoms with Crippen LogP contribution in [0.25, 0.3) is 10.6 Å². The molecule has 1 saturated heterocycles. The van der Waals surface area contributed by atoms with Crippen LogP contribution in [0.1, 0.15) is 30.3 Å². The molecular weight excluding hydrogens is 294 g/mol. The molecule has 1 aliphatic heterocycles. The van der Waals surface area contributed by atoms with E-state index >= 15 is 0 Å². The lowest BCUT2D eigenvalue weighted by Gasteiger charge is -2.34. The Morgan fingerprint density at radius 1 is 1.41 bits per heavy atom. The standard InChI is InChI=1S/C17H21N3OS/c1-12(18)14-8-5-9-20(10-14)17(21)15-11-22-16(19-15)13-6-3-2-4-7-13/h2-4,6-7,11-12,14H,5,8-10,18H2,1H3. The Hall–Kier alpha value is -1.72. The Balaban J connectivity index is 1.74. The summed E-state index contributed by atoms with van der Waals surface area (Å²) < 4.78 is 0. The maximum atomic E-state index is 12.6. The van der Waals surface area contributed by atoms with E-state index in [1.165, 1.54) is 11.3 Å². The van der Waals surface area contributed by atoms with Gasteiger partial charge in [-0.25, -0.2) is 4.98 Å². The molecule has 2 heterocycles. The van der Waals surface area contributed by atoms with Gasteiger partial charge in [-0.1, -0.05) is 30.3 Å². The predicted octanol–water partition coefficient (Wildman–Crippen LogP) is 3.01. The Kier molecular flexibility index (Phi) is 4.55. The van der Waals surface area contributed by atoms with Crippen molar-refractivity contribution in [3.05, 3.63) is 41.4 Å². The molecule has 1 aromatic heterocycles. The number of nitrogens with two attached hydrogens (primary N) is 1. The minimum atomic E-state index is 0.0313. The minimum absolute atomic E-state index is 0.0313. The van der Waals surface area contributed by atoms with Crippen molar-refractivity contribution >= 4 is 17.2 Å². The number of carbonyl (C=O) groups excluding carboxylic acids is 1. The van der Waals surface area contributed by atoms with Gasteiger partial charge in [-0.3, -0.25) is 4.79 Å². The van der Waals surface area contributed by atoms with Crippen molar-refractivity contribution in [3.63, 3.8) is 0 Å². The first kappa shape index (κ1) is 15.2. The SMILES string of the molecule is CC(N)C1CCCN(C(=O)c2csc(-c3ccccc3)n2)C1. The molecule has 0 spiro atoms. The molecule has 0 saturated carbocycles. The van der Waals surface area contributed by atoms with Gasteiger partial charge < -0.3 is 10.6 Å². The molecule has 22 heavy (non-hydrogen) atoms. The highest BCUT2D eigenvalue weighted by molar-refractivity contribution is 7.13. The Labute approximate surface area is 135 Å². The fourth-order valence-electron chi connectivity index (χ4n) is 2.87. The maximum Gasteiger partial charge on any atom is 0.273 e. The van der Waals surface area contributed by atoms with Crippen LogP contribution in [-0.4, -0.2) is 34.9 Å². The van der Waals surface area contributed by atoms with Crippen LogP contribution in [0, 0.1) is 5.92 Å². The van der Waals surface area contributed by atoms with E-state index in [2.05, 4.69) is 4.98 Å². The van der Waals surface area contributed by atoms with Gasteiger partial charge in [0.2, 0.25) is 0 Å². The van der Waals surface area contributed by atoms with Gasteiger partial charge in [-0.15, -0.1) is 11.3 Å². The van der Waals surface area contributed by atoms with Crippen LogP contribution in [0.3, 0.4) is 0 Å². The second-order valence-corrected chi connectivity index (χ2v) is 6.77. The highest BCUT2D eigenvalue weighted by Gasteiger charge is 2.27. The molecule has 3 rings (SSSR count). The molecular formula is C17H21N3OS. The van der Waals surface area contributed by atoms with Crippen LogP contribution in [0.4, 0.5) is 0 Å². The molecule has 2 aromatic rings. The normalized spacial score (nSPS) is 19.9. The number of nitrogens with zero attached hydrogens (tertiary/aromatic N) is 2. The summed E-state index contributed by atoms with van der Waals surface area (Å²) in [4.78, 5) is 19.1. The molecule has 5 heteroatoms. The number of likely N-dealkylation sites (tertiary alicyclic amines) is 1. The third kappa shape index (κ3) is 3.20. The zero-order valence-corrected chi connectivity index (χ0v) is 13.6. The van der Waals surface area contributed by atoms with E-state index in [1.54, 1.807) is 0 Å². The summed E-state index contributed by atoms with van der Waals surface area (Å²) in [5.41, 5.74) is 7.60. The fourth-order valence-corrected chi connectivity index (χ4v) is 3.67. The third-order valence-electron chi connectivity index (χ3n) is 4.23. The summed E-state index contributed by atoms with van der Waals surface area (Å²) >= 11 is 1.52. The number of carbonyl (C=O) groups is 1. The molecule has 0 aliphatic carbocycles. The van der Waals surface area contributed by atoms with Crippen LogP contribution in [0.2, 0.25) is 0 Å². The average molecular weight is 315 g/mol. The summed E-state index contributed by atoms with van der Waals surface area (Å²) in [6.45, 7) is 3.57. The Morgan fingerprint density at radius 3 is 2.91 bits per heavy atom. The van der Waals surface area contributed by atoms with Crippen molar-refractivity contribution in [1.29, 1.82) is 0 Å². The van der Waals surface area contributed by atoms with Gasteiger partial charge >= 0.3 is 0 Å². The van der Waals surface area contributed by atoms with E-state index in [0.29, 0.717) is 11.6 Å². The zero-order valence-electron chi connectivity index (χ0n) is 12.7. The number of thiazole rings is 1. The van der Waals surface area contributed by atoms with Crippen LogP contribution < -0.4 is 5.73 Å². The van der Waals surface area contributed by atoms with Crippen LogP contribution >= 0.6 is 11.3 Å². The van der Waals surface area contributed by atoms with Crippen molar-refractivity contribution < 1.29 is 4.79 Å². The van der Waals surface area contributed by atoms with Gasteiger partial charge in [0.05, 0.1) is 0 Å². The quantitative estimate of drug-likeness (QED) is 0.947. The lowest BCUT2D eigenvalue weighted by molar-refractivity contribution is 0.0656. The molecule has 1 fully saturated rings. The summed E-state index contributed by atoms with van der Waals surface area (Å²) in [7, 11) is 0. The number of benzene rings is 1. The first-order valence-corrected chi connectivity index (χ1v) is 8.59. The average Bonchev–Trinajstić information content (AvgIpc) is 3.05. The molecule has 1 aromatic carbocycles. The molecule has 2 atom stereocenters. The number of rotatable bonds is 3. The summed E-state index contributed by atoms with van der Waals surface area (Å²) in [5.74, 6) is 0.425. The summed E-state index contributed by atoms with van der Waals surface area (Å²) in [5, 5.41) is 2.75. The van der Waals surface area contributed by atoms with Crippen molar-refractivity contribution in [2.45, 2.75) is 25.8 Å². The van der Waals surface area contributed by atoms with Gasteiger partial charge in [0, 0.05) is 30.1 Å². The second-order valence-electron chi connectivity index (χ2n) is 5.92. The van der Waals surface area contributed by atoms with Gasteiger partial charge in [0.1, 0.15) is 10.7 Å². The molecule has 2 N–H and O–H groups in total. The highest BCUT2D eigenvalue weighted by Crippen LogP contribution is 2.25. The lowest BCUT2D eigenvalue weighted by atomic mass is 9.92. The summed E-state index contributed by atoms with van der Waals surface area (Å²) in [6, 6.07) is 10.1. The molecule has 0 radical (unpaired) electrons. The van der Waals surface area contributed by atoms with Gasteiger partial charge in [0.25, 0.3) is 5.91 Å². The molecule has 1 aliphatic rings. The smallest absolute Gasteiger partial charge is 0.273 e. The Bertz CT molecular complexity index is 638. The molecule has 2 unspecified atom stereocenters. The highest BCUT2D eigenvalue weighted by atomic mass is 32.1. The lowest BCUT2D eigenvalue weighted by Crippen LogP contribution is -2.45. The third-order valence-corrected chi connectivity index (χ3v) is 5.12. The van der Waals surface area contributed by atoms with E-state index in [-0.39, 0.29) is 11.9 Å². The van der Waals surface area contributed by atoms with E-state index in [9.17, 15) is 4.79 Å². The second kappa shape index (κ2) is 6.58. The first-order valence-electron chi connectivity index (χ1n) is 7.71. The fraction of sp³-hybridized carbons (Fsp3) is 0.412.